The smallest absolute Gasteiger partial charge is 0.257 e. The first-order valence-electron chi connectivity index (χ1n) is 10.9. The zero-order valence-corrected chi connectivity index (χ0v) is 18.1. The number of amides is 2. The Kier molecular flexibility index (Phi) is 6.78. The lowest BCUT2D eigenvalue weighted by molar-refractivity contribution is 0.102. The molecule has 0 bridgehead atoms. The molecule has 1 aliphatic heterocycles. The van der Waals surface area contributed by atoms with Gasteiger partial charge < -0.3 is 15.5 Å². The summed E-state index contributed by atoms with van der Waals surface area (Å²) in [4.78, 5) is 27.6. The van der Waals surface area contributed by atoms with Crippen LogP contribution in [0.3, 0.4) is 0 Å². The fraction of sp³-hybridized carbons (Fsp3) is 0.192. The van der Waals surface area contributed by atoms with Gasteiger partial charge in [0.2, 0.25) is 0 Å². The molecule has 6 nitrogen and oxygen atoms in total. The Hall–Kier alpha value is -4.00. The zero-order valence-electron chi connectivity index (χ0n) is 18.1. The van der Waals surface area contributed by atoms with Crippen molar-refractivity contribution in [2.45, 2.75) is 19.3 Å². The molecule has 7 heteroatoms. The van der Waals surface area contributed by atoms with Gasteiger partial charge in [0.15, 0.2) is 0 Å². The van der Waals surface area contributed by atoms with Crippen LogP contribution in [0.15, 0.2) is 72.8 Å². The maximum absolute atomic E-state index is 13.1. The normalized spacial score (nSPS) is 13.3. The highest BCUT2D eigenvalue weighted by Crippen LogP contribution is 2.20. The van der Waals surface area contributed by atoms with E-state index in [-0.39, 0.29) is 5.91 Å². The predicted octanol–water partition coefficient (Wildman–Crippen LogP) is 5.14. The first-order chi connectivity index (χ1) is 16.0. The van der Waals surface area contributed by atoms with Crippen LogP contribution in [0.4, 0.5) is 15.8 Å². The number of benzene rings is 3. The molecule has 0 atom stereocenters. The van der Waals surface area contributed by atoms with E-state index in [0.717, 1.165) is 31.5 Å². The van der Waals surface area contributed by atoms with Gasteiger partial charge in [-0.25, -0.2) is 4.39 Å². The van der Waals surface area contributed by atoms with Crippen molar-refractivity contribution in [3.05, 3.63) is 95.3 Å². The molecule has 0 radical (unpaired) electrons. The second-order valence-electron chi connectivity index (χ2n) is 7.93. The fourth-order valence-electron chi connectivity index (χ4n) is 3.80. The Labute approximate surface area is 191 Å². The van der Waals surface area contributed by atoms with E-state index in [4.69, 9.17) is 5.41 Å². The number of likely N-dealkylation sites (tertiary alicyclic amines) is 1. The summed E-state index contributed by atoms with van der Waals surface area (Å²) < 4.78 is 13.1. The second-order valence-corrected chi connectivity index (χ2v) is 7.93. The average molecular weight is 445 g/mol. The first-order valence-corrected chi connectivity index (χ1v) is 10.9. The Morgan fingerprint density at radius 1 is 0.758 bits per heavy atom. The molecule has 0 unspecified atom stereocenters. The van der Waals surface area contributed by atoms with Crippen LogP contribution in [0.25, 0.3) is 0 Å². The number of hydrogen-bond donors (Lipinski definition) is 3. The summed E-state index contributed by atoms with van der Waals surface area (Å²) in [6.45, 7) is 1.77. The number of carbonyl (C=O) groups excluding carboxylic acids is 2. The van der Waals surface area contributed by atoms with Crippen LogP contribution in [0.1, 0.15) is 45.5 Å². The molecule has 1 saturated heterocycles. The van der Waals surface area contributed by atoms with E-state index in [1.54, 1.807) is 48.5 Å². The lowest BCUT2D eigenvalue weighted by Gasteiger charge is -2.29. The van der Waals surface area contributed by atoms with E-state index >= 15 is 0 Å². The molecule has 168 valence electrons. The van der Waals surface area contributed by atoms with Crippen LogP contribution >= 0.6 is 0 Å². The molecule has 33 heavy (non-hydrogen) atoms. The number of carbonyl (C=O) groups is 2. The largest absolute Gasteiger partial charge is 0.357 e. The minimum Gasteiger partial charge on any atom is -0.357 e. The van der Waals surface area contributed by atoms with Crippen molar-refractivity contribution in [3.63, 3.8) is 0 Å². The maximum atomic E-state index is 13.1. The highest BCUT2D eigenvalue weighted by molar-refractivity contribution is 6.12. The van der Waals surface area contributed by atoms with E-state index in [0.29, 0.717) is 28.3 Å². The molecule has 4 rings (SSSR count). The van der Waals surface area contributed by atoms with Crippen molar-refractivity contribution >= 4 is 29.0 Å². The van der Waals surface area contributed by atoms with Crippen molar-refractivity contribution in [1.29, 1.82) is 5.41 Å². The predicted molar refractivity (Wildman–Crippen MR) is 127 cm³/mol. The highest BCUT2D eigenvalue weighted by atomic mass is 19.1. The SMILES string of the molecule is N=C(c1ccc(C(=O)Nc2ccccc2C(=O)Nc2ccc(F)cc2)cc1)N1CCCCC1. The Morgan fingerprint density at radius 3 is 2.09 bits per heavy atom. The number of hydrogen-bond acceptors (Lipinski definition) is 3. The van der Waals surface area contributed by atoms with Gasteiger partial charge in [-0.05, 0) is 67.8 Å². The Morgan fingerprint density at radius 2 is 1.39 bits per heavy atom. The van der Waals surface area contributed by atoms with E-state index in [9.17, 15) is 14.0 Å². The number of rotatable bonds is 5. The van der Waals surface area contributed by atoms with Gasteiger partial charge in [-0.2, -0.15) is 0 Å². The van der Waals surface area contributed by atoms with Crippen molar-refractivity contribution in [2.24, 2.45) is 0 Å². The number of amidine groups is 1. The molecule has 0 aliphatic carbocycles. The van der Waals surface area contributed by atoms with Crippen molar-refractivity contribution in [3.8, 4) is 0 Å². The molecule has 1 aliphatic rings. The third-order valence-corrected chi connectivity index (χ3v) is 5.61. The molecule has 1 fully saturated rings. The van der Waals surface area contributed by atoms with Gasteiger partial charge in [-0.3, -0.25) is 15.0 Å². The summed E-state index contributed by atoms with van der Waals surface area (Å²) in [5.74, 6) is -0.682. The van der Waals surface area contributed by atoms with E-state index in [1.807, 2.05) is 0 Å². The molecule has 3 N–H and O–H groups in total. The molecule has 0 saturated carbocycles. The van der Waals surface area contributed by atoms with Gasteiger partial charge in [-0.15, -0.1) is 0 Å². The van der Waals surface area contributed by atoms with Gasteiger partial charge in [0.1, 0.15) is 11.7 Å². The maximum Gasteiger partial charge on any atom is 0.257 e. The topological polar surface area (TPSA) is 85.3 Å². The molecule has 0 aromatic heterocycles. The van der Waals surface area contributed by atoms with Gasteiger partial charge in [0, 0.05) is 29.9 Å². The van der Waals surface area contributed by atoms with E-state index < -0.39 is 11.7 Å². The fourth-order valence-corrected chi connectivity index (χ4v) is 3.80. The molecular weight excluding hydrogens is 419 g/mol. The third kappa shape index (κ3) is 5.44. The summed E-state index contributed by atoms with van der Waals surface area (Å²) in [6, 6.07) is 19.1. The van der Waals surface area contributed by atoms with Gasteiger partial charge in [0.25, 0.3) is 11.8 Å². The lowest BCUT2D eigenvalue weighted by Crippen LogP contribution is -2.35. The lowest BCUT2D eigenvalue weighted by atomic mass is 10.1. The molecule has 1 heterocycles. The van der Waals surface area contributed by atoms with Gasteiger partial charge in [-0.1, -0.05) is 24.3 Å². The zero-order chi connectivity index (χ0) is 23.2. The van der Waals surface area contributed by atoms with Crippen molar-refractivity contribution < 1.29 is 14.0 Å². The molecule has 2 amide bonds. The standard InChI is InChI=1S/C26H25FN4O2/c27-20-12-14-21(15-13-20)29-26(33)22-6-2-3-7-23(22)30-25(32)19-10-8-18(9-11-19)24(28)31-16-4-1-5-17-31/h2-3,6-15,28H,1,4-5,16-17H2,(H,29,33)(H,30,32). The molecule has 3 aromatic carbocycles. The summed E-state index contributed by atoms with van der Waals surface area (Å²) >= 11 is 0. The van der Waals surface area contributed by atoms with Crippen LogP contribution in [-0.4, -0.2) is 35.6 Å². The van der Waals surface area contributed by atoms with Crippen LogP contribution in [-0.2, 0) is 0 Å². The van der Waals surface area contributed by atoms with Gasteiger partial charge in [0.05, 0.1) is 11.3 Å². The number of anilines is 2. The minimum atomic E-state index is -0.414. The summed E-state index contributed by atoms with van der Waals surface area (Å²) in [7, 11) is 0. The average Bonchev–Trinajstić information content (AvgIpc) is 2.86. The van der Waals surface area contributed by atoms with Crippen molar-refractivity contribution in [2.75, 3.05) is 23.7 Å². The highest BCUT2D eigenvalue weighted by Gasteiger charge is 2.17. The van der Waals surface area contributed by atoms with E-state index in [2.05, 4.69) is 15.5 Å². The molecular formula is C26H25FN4O2. The first kappa shape index (κ1) is 22.2. The van der Waals surface area contributed by atoms with Gasteiger partial charge >= 0.3 is 0 Å². The number of nitrogens with one attached hydrogen (secondary N) is 3. The number of halogens is 1. The molecule has 3 aromatic rings. The van der Waals surface area contributed by atoms with Crippen LogP contribution < -0.4 is 10.6 Å². The Balaban J connectivity index is 1.44. The number of nitrogens with zero attached hydrogens (tertiary/aromatic N) is 1. The molecule has 0 spiro atoms. The Bertz CT molecular complexity index is 1150. The summed E-state index contributed by atoms with van der Waals surface area (Å²) in [6.07, 6.45) is 3.39. The van der Waals surface area contributed by atoms with Crippen LogP contribution in [0.2, 0.25) is 0 Å². The quantitative estimate of drug-likeness (QED) is 0.376. The monoisotopic (exact) mass is 444 g/mol. The minimum absolute atomic E-state index is 0.290. The van der Waals surface area contributed by atoms with Crippen LogP contribution in [0.5, 0.6) is 0 Å². The summed E-state index contributed by atoms with van der Waals surface area (Å²) in [5.41, 5.74) is 2.31. The number of para-hydroxylation sites is 1. The number of piperidine rings is 1. The summed E-state index contributed by atoms with van der Waals surface area (Å²) in [5, 5.41) is 13.9. The van der Waals surface area contributed by atoms with E-state index in [1.165, 1.54) is 30.7 Å². The van der Waals surface area contributed by atoms with Crippen molar-refractivity contribution in [1.82, 2.24) is 4.90 Å². The second kappa shape index (κ2) is 10.1. The van der Waals surface area contributed by atoms with Crippen LogP contribution in [0, 0.1) is 11.2 Å². The third-order valence-electron chi connectivity index (χ3n) is 5.61.